The van der Waals surface area contributed by atoms with E-state index in [4.69, 9.17) is 5.73 Å². The van der Waals surface area contributed by atoms with E-state index in [1.165, 1.54) is 21.3 Å². The molecule has 0 saturated carbocycles. The third kappa shape index (κ3) is 2.62. The van der Waals surface area contributed by atoms with Crippen molar-refractivity contribution in [3.05, 3.63) is 51.5 Å². The minimum Gasteiger partial charge on any atom is -0.326 e. The summed E-state index contributed by atoms with van der Waals surface area (Å²) in [7, 11) is -3.84. The van der Waals surface area contributed by atoms with Gasteiger partial charge < -0.3 is 5.73 Å². The maximum absolute atomic E-state index is 13.9. The summed E-state index contributed by atoms with van der Waals surface area (Å²) in [6, 6.07) is 5.92. The van der Waals surface area contributed by atoms with Gasteiger partial charge in [0.1, 0.15) is 10.7 Å². The molecular formula is C14H15FN2O2S2. The van der Waals surface area contributed by atoms with Gasteiger partial charge >= 0.3 is 0 Å². The molecule has 1 aromatic heterocycles. The van der Waals surface area contributed by atoms with E-state index in [0.29, 0.717) is 25.1 Å². The number of halogens is 1. The largest absolute Gasteiger partial charge is 0.326 e. The molecule has 2 N–H and O–H groups in total. The second-order valence-corrected chi connectivity index (χ2v) is 7.83. The Morgan fingerprint density at radius 2 is 2.14 bits per heavy atom. The first kappa shape index (κ1) is 14.6. The molecule has 112 valence electrons. The van der Waals surface area contributed by atoms with Gasteiger partial charge in [-0.25, -0.2) is 12.8 Å². The molecule has 7 heteroatoms. The van der Waals surface area contributed by atoms with Gasteiger partial charge in [-0.15, -0.1) is 11.3 Å². The van der Waals surface area contributed by atoms with E-state index in [1.54, 1.807) is 11.3 Å². The first-order valence-corrected chi connectivity index (χ1v) is 8.88. The second kappa shape index (κ2) is 5.49. The van der Waals surface area contributed by atoms with Gasteiger partial charge in [0.05, 0.1) is 0 Å². The van der Waals surface area contributed by atoms with E-state index >= 15 is 0 Å². The predicted molar refractivity (Wildman–Crippen MR) is 79.9 cm³/mol. The molecule has 0 amide bonds. The number of thiophene rings is 1. The monoisotopic (exact) mass is 326 g/mol. The van der Waals surface area contributed by atoms with Gasteiger partial charge in [-0.2, -0.15) is 4.31 Å². The van der Waals surface area contributed by atoms with Crippen molar-refractivity contribution >= 4 is 21.4 Å². The Labute approximate surface area is 127 Å². The normalized spacial score (nSPS) is 15.9. The van der Waals surface area contributed by atoms with Crippen LogP contribution in [0.4, 0.5) is 4.39 Å². The Balaban J connectivity index is 1.98. The van der Waals surface area contributed by atoms with Crippen molar-refractivity contribution in [2.75, 3.05) is 6.54 Å². The van der Waals surface area contributed by atoms with Crippen LogP contribution in [0.5, 0.6) is 0 Å². The van der Waals surface area contributed by atoms with Crippen LogP contribution in [0, 0.1) is 5.82 Å². The fourth-order valence-electron chi connectivity index (χ4n) is 2.44. The van der Waals surface area contributed by atoms with Crippen LogP contribution in [0.3, 0.4) is 0 Å². The summed E-state index contributed by atoms with van der Waals surface area (Å²) < 4.78 is 40.6. The Hall–Kier alpha value is -1.28. The number of sulfonamides is 1. The van der Waals surface area contributed by atoms with Crippen LogP contribution < -0.4 is 5.73 Å². The van der Waals surface area contributed by atoms with Gasteiger partial charge in [0.15, 0.2) is 0 Å². The van der Waals surface area contributed by atoms with Gasteiger partial charge in [0, 0.05) is 24.5 Å². The highest BCUT2D eigenvalue weighted by molar-refractivity contribution is 7.89. The molecule has 0 radical (unpaired) electrons. The van der Waals surface area contributed by atoms with Crippen LogP contribution in [0.25, 0.3) is 0 Å². The Morgan fingerprint density at radius 1 is 1.33 bits per heavy atom. The van der Waals surface area contributed by atoms with Gasteiger partial charge in [-0.05, 0) is 41.1 Å². The molecule has 1 aliphatic heterocycles. The highest BCUT2D eigenvalue weighted by Crippen LogP contribution is 2.29. The number of nitrogens with two attached hydrogens (primary N) is 1. The number of hydrogen-bond donors (Lipinski definition) is 1. The molecule has 1 aromatic carbocycles. The lowest BCUT2D eigenvalue weighted by atomic mass is 10.1. The molecule has 3 rings (SSSR count). The third-order valence-corrected chi connectivity index (χ3v) is 6.50. The fraction of sp³-hybridized carbons (Fsp3) is 0.286. The van der Waals surface area contributed by atoms with Crippen molar-refractivity contribution in [3.63, 3.8) is 0 Å². The predicted octanol–water partition coefficient (Wildman–Crippen LogP) is 2.09. The lowest BCUT2D eigenvalue weighted by Gasteiger charge is -2.26. The van der Waals surface area contributed by atoms with Gasteiger partial charge in [-0.1, -0.05) is 6.07 Å². The van der Waals surface area contributed by atoms with Gasteiger partial charge in [0.25, 0.3) is 0 Å². The van der Waals surface area contributed by atoms with Crippen molar-refractivity contribution in [2.45, 2.75) is 24.4 Å². The van der Waals surface area contributed by atoms with Gasteiger partial charge in [-0.3, -0.25) is 0 Å². The molecular weight excluding hydrogens is 311 g/mol. The average molecular weight is 326 g/mol. The van der Waals surface area contributed by atoms with E-state index in [2.05, 4.69) is 0 Å². The van der Waals surface area contributed by atoms with Crippen molar-refractivity contribution in [3.8, 4) is 0 Å². The van der Waals surface area contributed by atoms with E-state index in [0.717, 1.165) is 11.6 Å². The summed E-state index contributed by atoms with van der Waals surface area (Å²) in [6.45, 7) is 0.854. The summed E-state index contributed by atoms with van der Waals surface area (Å²) in [6.07, 6.45) is 0.671. The molecule has 1 aliphatic rings. The van der Waals surface area contributed by atoms with Crippen molar-refractivity contribution in [1.82, 2.24) is 4.31 Å². The summed E-state index contributed by atoms with van der Waals surface area (Å²) in [5.41, 5.74) is 7.12. The van der Waals surface area contributed by atoms with E-state index in [-0.39, 0.29) is 11.4 Å². The lowest BCUT2D eigenvalue weighted by molar-refractivity contribution is 0.391. The zero-order valence-electron chi connectivity index (χ0n) is 11.3. The number of hydrogen-bond acceptors (Lipinski definition) is 4. The SMILES string of the molecule is NCc1ccc(F)c(S(=O)(=O)N2CCc3sccc3C2)c1. The topological polar surface area (TPSA) is 63.4 Å². The Kier molecular flexibility index (Phi) is 3.83. The highest BCUT2D eigenvalue weighted by atomic mass is 32.2. The highest BCUT2D eigenvalue weighted by Gasteiger charge is 2.31. The van der Waals surface area contributed by atoms with Crippen LogP contribution in [-0.4, -0.2) is 19.3 Å². The van der Waals surface area contributed by atoms with E-state index in [1.807, 2.05) is 11.4 Å². The van der Waals surface area contributed by atoms with Crippen LogP contribution in [0.1, 0.15) is 16.0 Å². The number of nitrogens with zero attached hydrogens (tertiary/aromatic N) is 1. The third-order valence-electron chi connectivity index (χ3n) is 3.62. The summed E-state index contributed by atoms with van der Waals surface area (Å²) in [4.78, 5) is 0.918. The van der Waals surface area contributed by atoms with Crippen LogP contribution >= 0.6 is 11.3 Å². The zero-order chi connectivity index (χ0) is 15.0. The van der Waals surface area contributed by atoms with Crippen LogP contribution in [-0.2, 0) is 29.5 Å². The molecule has 0 unspecified atom stereocenters. The van der Waals surface area contributed by atoms with Crippen molar-refractivity contribution in [1.29, 1.82) is 0 Å². The quantitative estimate of drug-likeness (QED) is 0.939. The molecule has 0 atom stereocenters. The van der Waals surface area contributed by atoms with Crippen LogP contribution in [0.15, 0.2) is 34.5 Å². The zero-order valence-corrected chi connectivity index (χ0v) is 12.9. The summed E-state index contributed by atoms with van der Waals surface area (Å²) >= 11 is 1.63. The fourth-order valence-corrected chi connectivity index (χ4v) is 4.86. The van der Waals surface area contributed by atoms with E-state index < -0.39 is 15.8 Å². The molecule has 0 spiro atoms. The summed E-state index contributed by atoms with van der Waals surface area (Å²) in [5.74, 6) is -0.733. The molecule has 0 saturated heterocycles. The smallest absolute Gasteiger partial charge is 0.246 e. The molecule has 2 heterocycles. The molecule has 21 heavy (non-hydrogen) atoms. The first-order valence-electron chi connectivity index (χ1n) is 6.56. The lowest BCUT2D eigenvalue weighted by Crippen LogP contribution is -2.35. The molecule has 4 nitrogen and oxygen atoms in total. The number of rotatable bonds is 3. The maximum atomic E-state index is 13.9. The van der Waals surface area contributed by atoms with Crippen molar-refractivity contribution < 1.29 is 12.8 Å². The first-order chi connectivity index (χ1) is 10.0. The minimum absolute atomic E-state index is 0.178. The van der Waals surface area contributed by atoms with Crippen LogP contribution in [0.2, 0.25) is 0 Å². The number of fused-ring (bicyclic) bond motifs is 1. The standard InChI is InChI=1S/C14H15FN2O2S2/c15-12-2-1-10(8-16)7-14(12)21(18,19)17-5-3-13-11(9-17)4-6-20-13/h1-2,4,6-7H,3,5,8-9,16H2. The number of benzene rings is 1. The summed E-state index contributed by atoms with van der Waals surface area (Å²) in [5, 5.41) is 1.95. The van der Waals surface area contributed by atoms with Gasteiger partial charge in [0.2, 0.25) is 10.0 Å². The van der Waals surface area contributed by atoms with E-state index in [9.17, 15) is 12.8 Å². The maximum Gasteiger partial charge on any atom is 0.246 e. The average Bonchev–Trinajstić information content (AvgIpc) is 2.95. The van der Waals surface area contributed by atoms with Crippen molar-refractivity contribution in [2.24, 2.45) is 5.73 Å². The molecule has 2 aromatic rings. The molecule has 0 bridgehead atoms. The molecule has 0 fully saturated rings. The minimum atomic E-state index is -3.84. The Bertz CT molecular complexity index is 771. The second-order valence-electron chi connectivity index (χ2n) is 4.93. The Morgan fingerprint density at radius 3 is 2.90 bits per heavy atom. The molecule has 0 aliphatic carbocycles.